The summed E-state index contributed by atoms with van der Waals surface area (Å²) in [4.78, 5) is 23.1. The Kier molecular flexibility index (Phi) is 6.16. The number of ether oxygens (including phenoxy) is 2. The highest BCUT2D eigenvalue weighted by Crippen LogP contribution is 2.41. The van der Waals surface area contributed by atoms with Crippen LogP contribution >= 0.6 is 0 Å². The lowest BCUT2D eigenvalue weighted by atomic mass is 9.93. The Bertz CT molecular complexity index is 1260. The van der Waals surface area contributed by atoms with Crippen molar-refractivity contribution in [3.63, 3.8) is 0 Å². The number of methoxy groups -OCH3 is 2. The SMILES string of the molecule is COc1ccc(CC(=O)N/N=C\c2c(O)c([N+](=O)[O-])cc3oc4c(c23)CCCC4)cc1OC. The maximum absolute atomic E-state index is 12.4. The van der Waals surface area contributed by atoms with Gasteiger partial charge < -0.3 is 19.0 Å². The van der Waals surface area contributed by atoms with Gasteiger partial charge in [0.25, 0.3) is 0 Å². The lowest BCUT2D eigenvalue weighted by Crippen LogP contribution is -2.19. The number of phenolic OH excluding ortho intramolecular Hbond substituents is 1. The molecular weight excluding hydrogens is 430 g/mol. The van der Waals surface area contributed by atoms with Crippen LogP contribution in [-0.4, -0.2) is 36.4 Å². The van der Waals surface area contributed by atoms with Crippen LogP contribution in [0.4, 0.5) is 5.69 Å². The number of benzene rings is 2. The summed E-state index contributed by atoms with van der Waals surface area (Å²) in [5, 5.41) is 26.5. The number of carbonyl (C=O) groups excluding carboxylic acids is 1. The molecule has 0 fully saturated rings. The number of hydrazone groups is 1. The number of nitrogens with zero attached hydrogens (tertiary/aromatic N) is 2. The van der Waals surface area contributed by atoms with E-state index in [1.807, 2.05) is 0 Å². The highest BCUT2D eigenvalue weighted by atomic mass is 16.6. The zero-order valence-electron chi connectivity index (χ0n) is 18.2. The zero-order chi connectivity index (χ0) is 23.5. The molecular formula is C23H23N3O7. The zero-order valence-corrected chi connectivity index (χ0v) is 18.2. The normalized spacial score (nSPS) is 13.2. The Labute approximate surface area is 188 Å². The lowest BCUT2D eigenvalue weighted by molar-refractivity contribution is -0.385. The van der Waals surface area contributed by atoms with Crippen molar-refractivity contribution >= 4 is 28.8 Å². The molecule has 1 aliphatic carbocycles. The van der Waals surface area contributed by atoms with E-state index in [0.717, 1.165) is 37.0 Å². The summed E-state index contributed by atoms with van der Waals surface area (Å²) in [6.45, 7) is 0. The second-order valence-corrected chi connectivity index (χ2v) is 7.66. The number of nitrogens with one attached hydrogen (secondary N) is 1. The molecule has 10 nitrogen and oxygen atoms in total. The smallest absolute Gasteiger partial charge is 0.315 e. The number of amides is 1. The first kappa shape index (κ1) is 22.1. The molecule has 10 heteroatoms. The molecule has 0 aliphatic heterocycles. The minimum atomic E-state index is -0.677. The first-order valence-electron chi connectivity index (χ1n) is 10.4. The molecule has 0 spiro atoms. The molecule has 2 N–H and O–H groups in total. The first-order valence-corrected chi connectivity index (χ1v) is 10.4. The number of furan rings is 1. The second-order valence-electron chi connectivity index (χ2n) is 7.66. The summed E-state index contributed by atoms with van der Waals surface area (Å²) < 4.78 is 16.3. The van der Waals surface area contributed by atoms with Crippen LogP contribution in [0.15, 0.2) is 33.8 Å². The number of nitro groups is 1. The summed E-state index contributed by atoms with van der Waals surface area (Å²) >= 11 is 0. The van der Waals surface area contributed by atoms with Gasteiger partial charge in [-0.25, -0.2) is 5.43 Å². The summed E-state index contributed by atoms with van der Waals surface area (Å²) in [7, 11) is 3.03. The predicted octanol–water partition coefficient (Wildman–Crippen LogP) is 3.64. The predicted molar refractivity (Wildman–Crippen MR) is 120 cm³/mol. The lowest BCUT2D eigenvalue weighted by Gasteiger charge is -2.10. The van der Waals surface area contributed by atoms with E-state index in [1.165, 1.54) is 26.5 Å². The topological polar surface area (TPSA) is 136 Å². The van der Waals surface area contributed by atoms with Crippen LogP contribution in [0.3, 0.4) is 0 Å². The highest BCUT2D eigenvalue weighted by molar-refractivity contribution is 6.05. The van der Waals surface area contributed by atoms with Crippen LogP contribution in [-0.2, 0) is 24.1 Å². The fraction of sp³-hybridized carbons (Fsp3) is 0.304. The average Bonchev–Trinajstić information content (AvgIpc) is 3.18. The van der Waals surface area contributed by atoms with Gasteiger partial charge in [-0.05, 0) is 37.0 Å². The molecule has 0 saturated carbocycles. The Balaban J connectivity index is 1.60. The van der Waals surface area contributed by atoms with E-state index in [-0.39, 0.29) is 12.0 Å². The van der Waals surface area contributed by atoms with Crippen molar-refractivity contribution < 1.29 is 28.7 Å². The van der Waals surface area contributed by atoms with Gasteiger partial charge in [-0.15, -0.1) is 0 Å². The number of fused-ring (bicyclic) bond motifs is 3. The molecule has 0 unspecified atom stereocenters. The van der Waals surface area contributed by atoms with Crippen LogP contribution in [0, 0.1) is 10.1 Å². The molecule has 1 amide bonds. The van der Waals surface area contributed by atoms with Gasteiger partial charge >= 0.3 is 5.69 Å². The molecule has 4 rings (SSSR count). The summed E-state index contributed by atoms with van der Waals surface area (Å²) in [6, 6.07) is 6.36. The second kappa shape index (κ2) is 9.19. The van der Waals surface area contributed by atoms with Gasteiger partial charge in [0.2, 0.25) is 11.7 Å². The van der Waals surface area contributed by atoms with E-state index < -0.39 is 22.3 Å². The van der Waals surface area contributed by atoms with E-state index in [2.05, 4.69) is 10.5 Å². The van der Waals surface area contributed by atoms with Crippen molar-refractivity contribution in [1.82, 2.24) is 5.43 Å². The van der Waals surface area contributed by atoms with Crippen LogP contribution in [0.5, 0.6) is 17.2 Å². The Morgan fingerprint density at radius 3 is 2.73 bits per heavy atom. The van der Waals surface area contributed by atoms with Gasteiger partial charge in [0, 0.05) is 17.4 Å². The summed E-state index contributed by atoms with van der Waals surface area (Å²) in [5.41, 5.74) is 4.00. The molecule has 2 aromatic carbocycles. The quantitative estimate of drug-likeness (QED) is 0.317. The monoisotopic (exact) mass is 453 g/mol. The number of aryl methyl sites for hydroxylation is 2. The number of hydrogen-bond acceptors (Lipinski definition) is 8. The maximum atomic E-state index is 12.4. The van der Waals surface area contributed by atoms with Gasteiger partial charge in [-0.1, -0.05) is 6.07 Å². The van der Waals surface area contributed by atoms with Gasteiger partial charge in [0.15, 0.2) is 11.5 Å². The Morgan fingerprint density at radius 1 is 1.24 bits per heavy atom. The van der Waals surface area contributed by atoms with E-state index >= 15 is 0 Å². The maximum Gasteiger partial charge on any atom is 0.315 e. The van der Waals surface area contributed by atoms with Gasteiger partial charge in [0.05, 0.1) is 43.4 Å². The largest absolute Gasteiger partial charge is 0.502 e. The van der Waals surface area contributed by atoms with E-state index in [4.69, 9.17) is 13.9 Å². The van der Waals surface area contributed by atoms with Crippen molar-refractivity contribution in [3.8, 4) is 17.2 Å². The molecule has 0 radical (unpaired) electrons. The van der Waals surface area contributed by atoms with Crippen molar-refractivity contribution in [2.45, 2.75) is 32.1 Å². The first-order chi connectivity index (χ1) is 15.9. The Hall–Kier alpha value is -4.08. The van der Waals surface area contributed by atoms with Gasteiger partial charge in [-0.3, -0.25) is 14.9 Å². The number of phenols is 1. The van der Waals surface area contributed by atoms with Crippen LogP contribution < -0.4 is 14.9 Å². The van der Waals surface area contributed by atoms with Crippen molar-refractivity contribution in [2.75, 3.05) is 14.2 Å². The standard InChI is InChI=1S/C23H23N3O7/c1-31-18-8-7-13(9-19(18)32-2)10-21(27)25-24-12-15-22-14-5-3-4-6-17(14)33-20(22)11-16(23(15)28)26(29)30/h7-9,11-12,28H,3-6,10H2,1-2H3,(H,25,27)/b24-12-. The number of hydrogen-bond donors (Lipinski definition) is 2. The van der Waals surface area contributed by atoms with Crippen molar-refractivity contribution in [1.29, 1.82) is 0 Å². The number of carbonyl (C=O) groups is 1. The molecule has 1 aromatic heterocycles. The molecule has 1 aliphatic rings. The molecule has 0 bridgehead atoms. The third-order valence-electron chi connectivity index (χ3n) is 5.63. The third-order valence-corrected chi connectivity index (χ3v) is 5.63. The van der Waals surface area contributed by atoms with Crippen molar-refractivity contribution in [2.24, 2.45) is 5.10 Å². The fourth-order valence-electron chi connectivity index (χ4n) is 4.08. The van der Waals surface area contributed by atoms with E-state index in [0.29, 0.717) is 28.0 Å². The average molecular weight is 453 g/mol. The molecule has 0 atom stereocenters. The molecule has 0 saturated heterocycles. The molecule has 3 aromatic rings. The van der Waals surface area contributed by atoms with Crippen molar-refractivity contribution in [3.05, 3.63) is 56.8 Å². The fourth-order valence-corrected chi connectivity index (χ4v) is 4.08. The minimum absolute atomic E-state index is 0.0229. The molecule has 1 heterocycles. The van der Waals surface area contributed by atoms with Crippen LogP contribution in [0.1, 0.15) is 35.3 Å². The van der Waals surface area contributed by atoms with Gasteiger partial charge in [0.1, 0.15) is 11.3 Å². The summed E-state index contributed by atoms with van der Waals surface area (Å²) in [5.74, 6) is 0.893. The Morgan fingerprint density at radius 2 is 2.00 bits per heavy atom. The molecule has 172 valence electrons. The van der Waals surface area contributed by atoms with E-state index in [1.54, 1.807) is 18.2 Å². The highest BCUT2D eigenvalue weighted by Gasteiger charge is 2.27. The summed E-state index contributed by atoms with van der Waals surface area (Å²) in [6.07, 6.45) is 4.65. The van der Waals surface area contributed by atoms with Crippen LogP contribution in [0.25, 0.3) is 11.0 Å². The minimum Gasteiger partial charge on any atom is -0.502 e. The van der Waals surface area contributed by atoms with E-state index in [9.17, 15) is 20.0 Å². The van der Waals surface area contributed by atoms with Gasteiger partial charge in [-0.2, -0.15) is 5.10 Å². The number of nitro benzene ring substituents is 1. The third kappa shape index (κ3) is 4.32. The molecule has 33 heavy (non-hydrogen) atoms. The number of rotatable bonds is 7. The van der Waals surface area contributed by atoms with Crippen LogP contribution in [0.2, 0.25) is 0 Å². The number of aromatic hydroxyl groups is 1.